The molecule has 0 aliphatic carbocycles. The monoisotopic (exact) mass is 265 g/mol. The van der Waals surface area contributed by atoms with Gasteiger partial charge in [-0.05, 0) is 19.4 Å². The van der Waals surface area contributed by atoms with Gasteiger partial charge in [0, 0.05) is 25.1 Å². The zero-order valence-electron chi connectivity index (χ0n) is 11.0. The van der Waals surface area contributed by atoms with Crippen LogP contribution in [-0.2, 0) is 11.3 Å². The second kappa shape index (κ2) is 7.48. The van der Waals surface area contributed by atoms with Gasteiger partial charge in [-0.3, -0.25) is 14.9 Å². The summed E-state index contributed by atoms with van der Waals surface area (Å²) in [5.41, 5.74) is 5.96. The van der Waals surface area contributed by atoms with Crippen molar-refractivity contribution in [3.63, 3.8) is 0 Å². The van der Waals surface area contributed by atoms with Gasteiger partial charge in [-0.25, -0.2) is 0 Å². The van der Waals surface area contributed by atoms with Crippen LogP contribution >= 0.6 is 0 Å². The number of nitro benzene ring substituents is 1. The standard InChI is InChI=1S/C13H19N3O3/c1-15(13(17)8-4-5-9-14)10-11-6-2-3-7-12(11)16(18)19/h2-3,6-7H,4-5,8-10,14H2,1H3. The summed E-state index contributed by atoms with van der Waals surface area (Å²) in [5, 5.41) is 10.9. The van der Waals surface area contributed by atoms with Crippen LogP contribution in [-0.4, -0.2) is 29.3 Å². The summed E-state index contributed by atoms with van der Waals surface area (Å²) in [4.78, 5) is 23.8. The van der Waals surface area contributed by atoms with Crippen LogP contribution in [0.1, 0.15) is 24.8 Å². The molecule has 1 rings (SSSR count). The fraction of sp³-hybridized carbons (Fsp3) is 0.462. The summed E-state index contributed by atoms with van der Waals surface area (Å²) in [7, 11) is 1.65. The van der Waals surface area contributed by atoms with Gasteiger partial charge < -0.3 is 10.6 Å². The molecule has 19 heavy (non-hydrogen) atoms. The molecule has 6 nitrogen and oxygen atoms in total. The Bertz CT molecular complexity index is 449. The number of rotatable bonds is 7. The average molecular weight is 265 g/mol. The quantitative estimate of drug-likeness (QED) is 0.461. The number of hydrogen-bond acceptors (Lipinski definition) is 4. The minimum absolute atomic E-state index is 0.0217. The summed E-state index contributed by atoms with van der Waals surface area (Å²) in [5.74, 6) is -0.0217. The molecule has 0 saturated carbocycles. The van der Waals surface area contributed by atoms with Crippen LogP contribution in [0.5, 0.6) is 0 Å². The highest BCUT2D eigenvalue weighted by atomic mass is 16.6. The Morgan fingerprint density at radius 2 is 2.05 bits per heavy atom. The first-order valence-corrected chi connectivity index (χ1v) is 6.22. The number of para-hydroxylation sites is 1. The van der Waals surface area contributed by atoms with E-state index in [-0.39, 0.29) is 18.1 Å². The van der Waals surface area contributed by atoms with Gasteiger partial charge in [0.05, 0.1) is 11.5 Å². The molecule has 0 aliphatic rings. The number of carbonyl (C=O) groups excluding carboxylic acids is 1. The minimum Gasteiger partial charge on any atom is -0.341 e. The van der Waals surface area contributed by atoms with Crippen molar-refractivity contribution >= 4 is 11.6 Å². The molecule has 0 aromatic heterocycles. The fourth-order valence-electron chi connectivity index (χ4n) is 1.78. The number of hydrogen-bond donors (Lipinski definition) is 1. The van der Waals surface area contributed by atoms with Crippen LogP contribution in [0.3, 0.4) is 0 Å². The van der Waals surface area contributed by atoms with E-state index < -0.39 is 4.92 Å². The molecule has 104 valence electrons. The maximum absolute atomic E-state index is 11.8. The van der Waals surface area contributed by atoms with Crippen molar-refractivity contribution < 1.29 is 9.72 Å². The number of nitro groups is 1. The normalized spacial score (nSPS) is 10.2. The summed E-state index contributed by atoms with van der Waals surface area (Å²) < 4.78 is 0. The molecular formula is C13H19N3O3. The molecule has 0 spiro atoms. The second-order valence-electron chi connectivity index (χ2n) is 4.38. The van der Waals surface area contributed by atoms with Crippen LogP contribution in [0.2, 0.25) is 0 Å². The molecule has 0 saturated heterocycles. The summed E-state index contributed by atoms with van der Waals surface area (Å²) in [6.45, 7) is 0.819. The maximum atomic E-state index is 11.8. The molecule has 6 heteroatoms. The van der Waals surface area contributed by atoms with Crippen LogP contribution in [0.25, 0.3) is 0 Å². The summed E-state index contributed by atoms with van der Waals surface area (Å²) in [6, 6.07) is 6.46. The van der Waals surface area contributed by atoms with Gasteiger partial charge in [0.25, 0.3) is 5.69 Å². The van der Waals surface area contributed by atoms with E-state index in [0.717, 1.165) is 12.8 Å². The lowest BCUT2D eigenvalue weighted by molar-refractivity contribution is -0.385. The first-order chi connectivity index (χ1) is 9.06. The van der Waals surface area contributed by atoms with Crippen molar-refractivity contribution in [2.24, 2.45) is 5.73 Å². The predicted octanol–water partition coefficient (Wildman–Crippen LogP) is 1.68. The van der Waals surface area contributed by atoms with E-state index in [2.05, 4.69) is 0 Å². The van der Waals surface area contributed by atoms with E-state index in [0.29, 0.717) is 18.5 Å². The van der Waals surface area contributed by atoms with E-state index in [1.807, 2.05) is 0 Å². The molecule has 1 aromatic carbocycles. The van der Waals surface area contributed by atoms with Gasteiger partial charge in [-0.15, -0.1) is 0 Å². The zero-order chi connectivity index (χ0) is 14.3. The minimum atomic E-state index is -0.429. The molecule has 0 atom stereocenters. The Morgan fingerprint density at radius 1 is 1.37 bits per heavy atom. The number of nitrogens with zero attached hydrogens (tertiary/aromatic N) is 2. The number of carbonyl (C=O) groups is 1. The Morgan fingerprint density at radius 3 is 2.68 bits per heavy atom. The van der Waals surface area contributed by atoms with Crippen molar-refractivity contribution in [2.45, 2.75) is 25.8 Å². The van der Waals surface area contributed by atoms with E-state index in [9.17, 15) is 14.9 Å². The van der Waals surface area contributed by atoms with Gasteiger partial charge >= 0.3 is 0 Å². The fourth-order valence-corrected chi connectivity index (χ4v) is 1.78. The van der Waals surface area contributed by atoms with Gasteiger partial charge in [0.15, 0.2) is 0 Å². The van der Waals surface area contributed by atoms with Crippen LogP contribution in [0.15, 0.2) is 24.3 Å². The van der Waals surface area contributed by atoms with Gasteiger partial charge in [0.2, 0.25) is 5.91 Å². The highest BCUT2D eigenvalue weighted by molar-refractivity contribution is 5.75. The lowest BCUT2D eigenvalue weighted by atomic mass is 10.1. The van der Waals surface area contributed by atoms with E-state index >= 15 is 0 Å². The van der Waals surface area contributed by atoms with Crippen LogP contribution in [0.4, 0.5) is 5.69 Å². The smallest absolute Gasteiger partial charge is 0.274 e. The van der Waals surface area contributed by atoms with Crippen molar-refractivity contribution in [1.82, 2.24) is 4.90 Å². The molecule has 0 radical (unpaired) electrons. The van der Waals surface area contributed by atoms with Crippen LogP contribution in [0, 0.1) is 10.1 Å². The Labute approximate surface area is 112 Å². The SMILES string of the molecule is CN(Cc1ccccc1[N+](=O)[O-])C(=O)CCCCN. The van der Waals surface area contributed by atoms with Crippen molar-refractivity contribution in [3.05, 3.63) is 39.9 Å². The van der Waals surface area contributed by atoms with Crippen molar-refractivity contribution in [2.75, 3.05) is 13.6 Å². The molecule has 0 unspecified atom stereocenters. The second-order valence-corrected chi connectivity index (χ2v) is 4.38. The molecule has 0 bridgehead atoms. The lowest BCUT2D eigenvalue weighted by Crippen LogP contribution is -2.26. The average Bonchev–Trinajstić information content (AvgIpc) is 2.39. The van der Waals surface area contributed by atoms with Gasteiger partial charge in [-0.1, -0.05) is 18.2 Å². The summed E-state index contributed by atoms with van der Waals surface area (Å²) in [6.07, 6.45) is 1.98. The van der Waals surface area contributed by atoms with E-state index in [1.54, 1.807) is 25.2 Å². The number of unbranched alkanes of at least 4 members (excludes halogenated alkanes) is 1. The highest BCUT2D eigenvalue weighted by Crippen LogP contribution is 2.19. The molecule has 0 fully saturated rings. The number of amides is 1. The largest absolute Gasteiger partial charge is 0.341 e. The third kappa shape index (κ3) is 4.67. The third-order valence-corrected chi connectivity index (χ3v) is 2.87. The lowest BCUT2D eigenvalue weighted by Gasteiger charge is -2.17. The molecule has 0 heterocycles. The van der Waals surface area contributed by atoms with E-state index in [1.165, 1.54) is 11.0 Å². The first-order valence-electron chi connectivity index (χ1n) is 6.22. The molecule has 2 N–H and O–H groups in total. The Kier molecular flexibility index (Phi) is 5.95. The predicted molar refractivity (Wildman–Crippen MR) is 72.5 cm³/mol. The maximum Gasteiger partial charge on any atom is 0.274 e. The zero-order valence-corrected chi connectivity index (χ0v) is 11.0. The van der Waals surface area contributed by atoms with Crippen molar-refractivity contribution in [3.8, 4) is 0 Å². The number of benzene rings is 1. The van der Waals surface area contributed by atoms with Crippen molar-refractivity contribution in [1.29, 1.82) is 0 Å². The third-order valence-electron chi connectivity index (χ3n) is 2.87. The molecule has 1 aromatic rings. The summed E-state index contributed by atoms with van der Waals surface area (Å²) >= 11 is 0. The number of nitrogens with two attached hydrogens (primary N) is 1. The molecule has 0 aliphatic heterocycles. The Balaban J connectivity index is 2.63. The Hall–Kier alpha value is -1.95. The van der Waals surface area contributed by atoms with Gasteiger partial charge in [-0.2, -0.15) is 0 Å². The highest BCUT2D eigenvalue weighted by Gasteiger charge is 2.16. The first kappa shape index (κ1) is 15.1. The topological polar surface area (TPSA) is 89.5 Å². The molecule has 1 amide bonds. The van der Waals surface area contributed by atoms with Crippen LogP contribution < -0.4 is 5.73 Å². The van der Waals surface area contributed by atoms with Gasteiger partial charge in [0.1, 0.15) is 0 Å². The van der Waals surface area contributed by atoms with E-state index in [4.69, 9.17) is 5.73 Å². The molecular weight excluding hydrogens is 246 g/mol.